The van der Waals surface area contributed by atoms with E-state index in [9.17, 15) is 13.2 Å². The van der Waals surface area contributed by atoms with Crippen molar-refractivity contribution < 1.29 is 18.3 Å². The van der Waals surface area contributed by atoms with Gasteiger partial charge in [-0.2, -0.15) is 0 Å². The topological polar surface area (TPSA) is 101 Å². The molecule has 1 rings (SSSR count). The van der Waals surface area contributed by atoms with E-state index in [0.717, 1.165) is 6.07 Å². The number of carboxylic acid groups (broad SMARTS) is 1. The first-order chi connectivity index (χ1) is 8.31. The fraction of sp³-hybridized carbons (Fsp3) is 0.364. The third-order valence-electron chi connectivity index (χ3n) is 2.63. The maximum Gasteiger partial charge on any atom is 0.337 e. The first kappa shape index (κ1) is 14.5. The molecular formula is C11H16N2O4S. The zero-order chi connectivity index (χ0) is 13.9. The summed E-state index contributed by atoms with van der Waals surface area (Å²) in [4.78, 5) is 12.8. The second-order valence-corrected chi connectivity index (χ2v) is 5.26. The van der Waals surface area contributed by atoms with Crippen LogP contribution in [0.25, 0.3) is 0 Å². The number of carbonyl (C=O) groups is 1. The maximum absolute atomic E-state index is 11.2. The molecule has 0 saturated carbocycles. The van der Waals surface area contributed by atoms with Gasteiger partial charge in [-0.15, -0.1) is 0 Å². The van der Waals surface area contributed by atoms with E-state index in [1.54, 1.807) is 0 Å². The second kappa shape index (κ2) is 5.36. The smallest absolute Gasteiger partial charge is 0.337 e. The third kappa shape index (κ3) is 2.99. The monoisotopic (exact) mass is 272 g/mol. The van der Waals surface area contributed by atoms with E-state index in [4.69, 9.17) is 10.2 Å². The number of carboxylic acids is 1. The van der Waals surface area contributed by atoms with Crippen LogP contribution < -0.4 is 10.0 Å². The van der Waals surface area contributed by atoms with Crippen LogP contribution in [-0.2, 0) is 10.0 Å². The zero-order valence-electron chi connectivity index (χ0n) is 10.3. The van der Waals surface area contributed by atoms with Crippen LogP contribution in [0, 0.1) is 0 Å². The minimum absolute atomic E-state index is 0.0646. The first-order valence-corrected chi connectivity index (χ1v) is 7.01. The Hall–Kier alpha value is -1.60. The summed E-state index contributed by atoms with van der Waals surface area (Å²) in [5.41, 5.74) is 0.421. The molecule has 0 heterocycles. The molecule has 0 atom stereocenters. The van der Waals surface area contributed by atoms with E-state index in [-0.39, 0.29) is 10.5 Å². The van der Waals surface area contributed by atoms with Gasteiger partial charge in [-0.05, 0) is 32.0 Å². The zero-order valence-corrected chi connectivity index (χ0v) is 11.1. The Morgan fingerprint density at radius 3 is 2.28 bits per heavy atom. The lowest BCUT2D eigenvalue weighted by Gasteiger charge is -2.23. The number of nitrogens with zero attached hydrogens (tertiary/aromatic N) is 1. The molecule has 1 aromatic rings. The largest absolute Gasteiger partial charge is 0.478 e. The maximum atomic E-state index is 11.2. The van der Waals surface area contributed by atoms with E-state index < -0.39 is 16.0 Å². The van der Waals surface area contributed by atoms with Gasteiger partial charge in [0.2, 0.25) is 10.0 Å². The van der Waals surface area contributed by atoms with Crippen LogP contribution in [0.1, 0.15) is 24.2 Å². The molecule has 0 fully saturated rings. The molecular weight excluding hydrogens is 256 g/mol. The van der Waals surface area contributed by atoms with Crippen molar-refractivity contribution in [3.05, 3.63) is 23.8 Å². The lowest BCUT2D eigenvalue weighted by molar-refractivity contribution is 0.0697. The van der Waals surface area contributed by atoms with E-state index in [1.165, 1.54) is 12.1 Å². The molecule has 0 saturated heterocycles. The Kier molecular flexibility index (Phi) is 4.31. The summed E-state index contributed by atoms with van der Waals surface area (Å²) in [5, 5.41) is 14.1. The standard InChI is InChI=1S/C11H16N2O4S/c1-3-13(4-2)10-6-5-8(18(12,16)17)7-9(10)11(14)15/h5-7H,3-4H2,1-2H3,(H,14,15)(H2,12,16,17). The number of sulfonamides is 1. The van der Waals surface area contributed by atoms with Gasteiger partial charge in [-0.25, -0.2) is 18.4 Å². The quantitative estimate of drug-likeness (QED) is 0.828. The highest BCUT2D eigenvalue weighted by Gasteiger charge is 2.18. The molecule has 1 aromatic carbocycles. The summed E-state index contributed by atoms with van der Waals surface area (Å²) >= 11 is 0. The number of hydrogen-bond acceptors (Lipinski definition) is 4. The number of benzene rings is 1. The van der Waals surface area contributed by atoms with Gasteiger partial charge in [0.15, 0.2) is 0 Å². The van der Waals surface area contributed by atoms with Crippen molar-refractivity contribution in [2.45, 2.75) is 18.7 Å². The van der Waals surface area contributed by atoms with Gasteiger partial charge in [0.25, 0.3) is 0 Å². The molecule has 0 radical (unpaired) electrons. The lowest BCUT2D eigenvalue weighted by Crippen LogP contribution is -2.24. The van der Waals surface area contributed by atoms with Crippen molar-refractivity contribution in [1.29, 1.82) is 0 Å². The van der Waals surface area contributed by atoms with E-state index in [2.05, 4.69) is 0 Å². The average molecular weight is 272 g/mol. The number of anilines is 1. The minimum atomic E-state index is -3.90. The van der Waals surface area contributed by atoms with Crippen LogP contribution in [0.5, 0.6) is 0 Å². The van der Waals surface area contributed by atoms with Crippen molar-refractivity contribution in [2.75, 3.05) is 18.0 Å². The molecule has 0 unspecified atom stereocenters. The van der Waals surface area contributed by atoms with Gasteiger partial charge < -0.3 is 10.0 Å². The Labute approximate surface area is 106 Å². The van der Waals surface area contributed by atoms with Crippen LogP contribution in [-0.4, -0.2) is 32.6 Å². The SMILES string of the molecule is CCN(CC)c1ccc(S(N)(=O)=O)cc1C(=O)O. The fourth-order valence-corrected chi connectivity index (χ4v) is 2.24. The number of aromatic carboxylic acids is 1. The number of primary sulfonamides is 1. The van der Waals surface area contributed by atoms with Gasteiger partial charge >= 0.3 is 5.97 Å². The second-order valence-electron chi connectivity index (χ2n) is 3.70. The van der Waals surface area contributed by atoms with Gasteiger partial charge in [0.05, 0.1) is 16.1 Å². The Morgan fingerprint density at radius 2 is 1.89 bits per heavy atom. The summed E-state index contributed by atoms with van der Waals surface area (Å²) in [6.45, 7) is 5.04. The van der Waals surface area contributed by atoms with Crippen molar-refractivity contribution >= 4 is 21.7 Å². The summed E-state index contributed by atoms with van der Waals surface area (Å²) in [5.74, 6) is -1.18. The predicted molar refractivity (Wildman–Crippen MR) is 68.3 cm³/mol. The summed E-state index contributed by atoms with van der Waals surface area (Å²) in [6.07, 6.45) is 0. The van der Waals surface area contributed by atoms with Gasteiger partial charge in [0, 0.05) is 13.1 Å². The number of hydrogen-bond donors (Lipinski definition) is 2. The number of nitrogens with two attached hydrogens (primary N) is 1. The van der Waals surface area contributed by atoms with Crippen molar-refractivity contribution in [2.24, 2.45) is 5.14 Å². The average Bonchev–Trinajstić information content (AvgIpc) is 2.29. The van der Waals surface area contributed by atoms with Gasteiger partial charge in [-0.3, -0.25) is 0 Å². The highest BCUT2D eigenvalue weighted by molar-refractivity contribution is 7.89. The van der Waals surface area contributed by atoms with E-state index in [0.29, 0.717) is 18.8 Å². The normalized spacial score (nSPS) is 11.3. The molecule has 0 bridgehead atoms. The summed E-state index contributed by atoms with van der Waals surface area (Å²) in [7, 11) is -3.90. The highest BCUT2D eigenvalue weighted by atomic mass is 32.2. The molecule has 0 aliphatic rings. The van der Waals surface area contributed by atoms with Crippen LogP contribution in [0.2, 0.25) is 0 Å². The molecule has 0 spiro atoms. The van der Waals surface area contributed by atoms with Crippen LogP contribution in [0.15, 0.2) is 23.1 Å². The molecule has 0 amide bonds. The molecule has 0 aliphatic carbocycles. The summed E-state index contributed by atoms with van der Waals surface area (Å²) < 4.78 is 22.4. The predicted octanol–water partition coefficient (Wildman–Crippen LogP) is 0.878. The summed E-state index contributed by atoms with van der Waals surface area (Å²) in [6, 6.07) is 3.87. The molecule has 0 aromatic heterocycles. The molecule has 0 aliphatic heterocycles. The first-order valence-electron chi connectivity index (χ1n) is 5.46. The van der Waals surface area contributed by atoms with Gasteiger partial charge in [0.1, 0.15) is 0 Å². The Balaban J connectivity index is 3.43. The van der Waals surface area contributed by atoms with Crippen molar-refractivity contribution in [1.82, 2.24) is 0 Å². The molecule has 3 N–H and O–H groups in total. The van der Waals surface area contributed by atoms with Crippen molar-refractivity contribution in [3.8, 4) is 0 Å². The lowest BCUT2D eigenvalue weighted by atomic mass is 10.1. The Morgan fingerprint density at radius 1 is 1.33 bits per heavy atom. The van der Waals surface area contributed by atoms with Crippen LogP contribution in [0.3, 0.4) is 0 Å². The molecule has 6 nitrogen and oxygen atoms in total. The highest BCUT2D eigenvalue weighted by Crippen LogP contribution is 2.23. The van der Waals surface area contributed by atoms with Gasteiger partial charge in [-0.1, -0.05) is 0 Å². The molecule has 100 valence electrons. The van der Waals surface area contributed by atoms with E-state index in [1.807, 2.05) is 18.7 Å². The van der Waals surface area contributed by atoms with E-state index >= 15 is 0 Å². The number of rotatable bonds is 5. The third-order valence-corrected chi connectivity index (χ3v) is 3.54. The van der Waals surface area contributed by atoms with Crippen LogP contribution >= 0.6 is 0 Å². The minimum Gasteiger partial charge on any atom is -0.478 e. The van der Waals surface area contributed by atoms with Crippen LogP contribution in [0.4, 0.5) is 5.69 Å². The molecule has 7 heteroatoms. The molecule has 18 heavy (non-hydrogen) atoms. The van der Waals surface area contributed by atoms with Crippen molar-refractivity contribution in [3.63, 3.8) is 0 Å². The fourth-order valence-electron chi connectivity index (χ4n) is 1.70. The Bertz CT molecular complexity index is 550.